The van der Waals surface area contributed by atoms with Crippen molar-refractivity contribution in [2.45, 2.75) is 51.9 Å². The number of nitrogens with one attached hydrogen (secondary N) is 1. The van der Waals surface area contributed by atoms with Crippen molar-refractivity contribution >= 4 is 17.1 Å². The molecule has 0 unspecified atom stereocenters. The second kappa shape index (κ2) is 32.9. The number of nitrogens with zero attached hydrogens (tertiary/aromatic N) is 2. The second-order valence-electron chi connectivity index (χ2n) is 12.1. The quantitative estimate of drug-likeness (QED) is 0.0475. The second-order valence-corrected chi connectivity index (χ2v) is 12.1. The molecule has 0 aliphatic heterocycles. The van der Waals surface area contributed by atoms with E-state index < -0.39 is 9.85 Å². The van der Waals surface area contributed by atoms with Crippen molar-refractivity contribution in [1.82, 2.24) is 0 Å². The highest BCUT2D eigenvalue weighted by molar-refractivity contribution is 5.65. The molecule has 0 heterocycles. The number of aryl methyl sites for hydroxylation is 1. The highest BCUT2D eigenvalue weighted by Gasteiger charge is 2.19. The van der Waals surface area contributed by atoms with Gasteiger partial charge in [-0.2, -0.15) is 0 Å². The number of rotatable bonds is 38. The Bertz CT molecular complexity index is 1220. The summed E-state index contributed by atoms with van der Waals surface area (Å²) in [6.07, 6.45) is 9.01. The van der Waals surface area contributed by atoms with Gasteiger partial charge >= 0.3 is 0 Å². The smallest absolute Gasteiger partial charge is 0.299 e. The minimum absolute atomic E-state index is 0.188. The topological polar surface area (TPSA) is 181 Å². The molecule has 1 N–H and O–H groups in total. The summed E-state index contributed by atoms with van der Waals surface area (Å²) < 4.78 is 49.7. The van der Waals surface area contributed by atoms with Gasteiger partial charge in [0.2, 0.25) is 0 Å². The van der Waals surface area contributed by atoms with E-state index in [0.29, 0.717) is 112 Å². The SMILES string of the molecule is CCCCCCCCc1ccc(OCCOCCOCCOCCOCCOCCOCCOCCOCCNc2ccc([N+](=O)[O-])cc2[N+](=O)[O-])cc1. The molecule has 0 aromatic heterocycles. The largest absolute Gasteiger partial charge is 0.491 e. The molecule has 306 valence electrons. The Morgan fingerprint density at radius 1 is 0.519 bits per heavy atom. The summed E-state index contributed by atoms with van der Waals surface area (Å²) in [5, 5.41) is 24.8. The van der Waals surface area contributed by atoms with E-state index in [-0.39, 0.29) is 23.7 Å². The molecule has 54 heavy (non-hydrogen) atoms. The van der Waals surface area contributed by atoms with Gasteiger partial charge in [-0.05, 0) is 36.6 Å². The van der Waals surface area contributed by atoms with E-state index in [9.17, 15) is 20.2 Å². The van der Waals surface area contributed by atoms with E-state index in [1.807, 2.05) is 12.1 Å². The highest BCUT2D eigenvalue weighted by Crippen LogP contribution is 2.28. The van der Waals surface area contributed by atoms with Gasteiger partial charge in [-0.1, -0.05) is 51.2 Å². The van der Waals surface area contributed by atoms with Gasteiger partial charge < -0.3 is 47.9 Å². The maximum Gasteiger partial charge on any atom is 0.299 e. The molecule has 0 radical (unpaired) electrons. The number of hydrogen-bond acceptors (Lipinski definition) is 14. The third-order valence-electron chi connectivity index (χ3n) is 7.79. The van der Waals surface area contributed by atoms with Crippen LogP contribution in [0.4, 0.5) is 17.1 Å². The number of anilines is 1. The van der Waals surface area contributed by atoms with Crippen molar-refractivity contribution in [3.63, 3.8) is 0 Å². The molecular formula is C38H61N3O13. The number of non-ortho nitro benzene ring substituents is 1. The standard InChI is InChI=1S/C38H61N3O13/c1-2-3-4-5-6-7-8-34-9-12-36(13-10-34)54-32-31-53-30-29-52-28-27-51-26-25-50-24-23-49-22-21-48-20-19-47-18-17-46-16-15-39-37-14-11-35(40(42)43)33-38(37)41(44)45/h9-14,33,39H,2-8,15-32H2,1H3. The molecule has 0 bridgehead atoms. The summed E-state index contributed by atoms with van der Waals surface area (Å²) in [7, 11) is 0. The molecule has 2 aromatic carbocycles. The number of hydrogen-bond donors (Lipinski definition) is 1. The number of nitro groups is 2. The van der Waals surface area contributed by atoms with Gasteiger partial charge in [0.1, 0.15) is 18.0 Å². The van der Waals surface area contributed by atoms with Gasteiger partial charge in [-0.3, -0.25) is 20.2 Å². The third kappa shape index (κ3) is 24.8. The summed E-state index contributed by atoms with van der Waals surface area (Å²) in [5.74, 6) is 0.870. The first-order chi connectivity index (χ1) is 26.5. The van der Waals surface area contributed by atoms with Crippen molar-refractivity contribution in [3.05, 3.63) is 68.3 Å². The molecule has 2 rings (SSSR count). The van der Waals surface area contributed by atoms with Crippen molar-refractivity contribution in [2.75, 3.05) is 124 Å². The fraction of sp³-hybridized carbons (Fsp3) is 0.684. The molecule has 16 nitrogen and oxygen atoms in total. The fourth-order valence-electron chi connectivity index (χ4n) is 4.91. The zero-order chi connectivity index (χ0) is 38.7. The van der Waals surface area contributed by atoms with Crippen LogP contribution in [0.5, 0.6) is 5.75 Å². The molecule has 0 saturated heterocycles. The molecule has 0 saturated carbocycles. The summed E-state index contributed by atoms with van der Waals surface area (Å²) in [6, 6.07) is 11.8. The van der Waals surface area contributed by atoms with Gasteiger partial charge in [0.15, 0.2) is 0 Å². The predicted molar refractivity (Wildman–Crippen MR) is 204 cm³/mol. The minimum atomic E-state index is -0.678. The zero-order valence-corrected chi connectivity index (χ0v) is 31.9. The van der Waals surface area contributed by atoms with E-state index in [1.54, 1.807) is 0 Å². The molecule has 0 amide bonds. The molecule has 0 aliphatic rings. The average Bonchev–Trinajstić information content (AvgIpc) is 3.17. The van der Waals surface area contributed by atoms with E-state index >= 15 is 0 Å². The lowest BCUT2D eigenvalue weighted by molar-refractivity contribution is -0.393. The van der Waals surface area contributed by atoms with Crippen LogP contribution in [-0.4, -0.2) is 129 Å². The molecule has 2 aromatic rings. The monoisotopic (exact) mass is 767 g/mol. The van der Waals surface area contributed by atoms with Crippen LogP contribution >= 0.6 is 0 Å². The Hall–Kier alpha value is -3.48. The van der Waals surface area contributed by atoms with Crippen molar-refractivity contribution in [1.29, 1.82) is 0 Å². The molecule has 0 spiro atoms. The van der Waals surface area contributed by atoms with Crippen LogP contribution in [0.15, 0.2) is 42.5 Å². The predicted octanol–water partition coefficient (Wildman–Crippen LogP) is 6.03. The molecular weight excluding hydrogens is 706 g/mol. The number of ether oxygens (including phenoxy) is 9. The summed E-state index contributed by atoms with van der Waals surface area (Å²) in [4.78, 5) is 20.6. The first kappa shape index (κ1) is 46.7. The number of benzene rings is 2. The van der Waals surface area contributed by atoms with Gasteiger partial charge in [0.05, 0.1) is 122 Å². The molecule has 0 atom stereocenters. The van der Waals surface area contributed by atoms with Crippen LogP contribution in [-0.2, 0) is 44.3 Å². The normalized spacial score (nSPS) is 11.2. The third-order valence-corrected chi connectivity index (χ3v) is 7.79. The van der Waals surface area contributed by atoms with E-state index in [4.69, 9.17) is 42.6 Å². The lowest BCUT2D eigenvalue weighted by atomic mass is 10.0. The Labute approximate surface area is 319 Å². The first-order valence-electron chi connectivity index (χ1n) is 19.0. The average molecular weight is 768 g/mol. The Morgan fingerprint density at radius 3 is 1.43 bits per heavy atom. The Kier molecular flexibility index (Phi) is 28.4. The maximum atomic E-state index is 11.2. The maximum absolute atomic E-state index is 11.2. The van der Waals surface area contributed by atoms with Gasteiger partial charge in [0, 0.05) is 12.6 Å². The summed E-state index contributed by atoms with van der Waals surface area (Å²) in [5.41, 5.74) is 0.846. The molecule has 0 fully saturated rings. The summed E-state index contributed by atoms with van der Waals surface area (Å²) >= 11 is 0. The van der Waals surface area contributed by atoms with Crippen LogP contribution < -0.4 is 10.1 Å². The van der Waals surface area contributed by atoms with Crippen LogP contribution in [0.2, 0.25) is 0 Å². The Morgan fingerprint density at radius 2 is 0.963 bits per heavy atom. The Balaban J connectivity index is 1.23. The molecule has 16 heteroatoms. The zero-order valence-electron chi connectivity index (χ0n) is 31.9. The van der Waals surface area contributed by atoms with Gasteiger partial charge in [0.25, 0.3) is 11.4 Å². The first-order valence-corrected chi connectivity index (χ1v) is 19.0. The lowest BCUT2D eigenvalue weighted by Gasteiger charge is -2.09. The fourth-order valence-corrected chi connectivity index (χ4v) is 4.91. The van der Waals surface area contributed by atoms with E-state index in [0.717, 1.165) is 18.2 Å². The van der Waals surface area contributed by atoms with E-state index in [1.165, 1.54) is 56.2 Å². The van der Waals surface area contributed by atoms with Gasteiger partial charge in [-0.25, -0.2) is 0 Å². The van der Waals surface area contributed by atoms with Crippen molar-refractivity contribution in [2.24, 2.45) is 0 Å². The summed E-state index contributed by atoms with van der Waals surface area (Å²) in [6.45, 7) is 10.1. The van der Waals surface area contributed by atoms with E-state index in [2.05, 4.69) is 24.4 Å². The van der Waals surface area contributed by atoms with Crippen molar-refractivity contribution < 1.29 is 52.5 Å². The van der Waals surface area contributed by atoms with Gasteiger partial charge in [-0.15, -0.1) is 0 Å². The van der Waals surface area contributed by atoms with Crippen LogP contribution in [0.3, 0.4) is 0 Å². The van der Waals surface area contributed by atoms with Crippen LogP contribution in [0, 0.1) is 20.2 Å². The minimum Gasteiger partial charge on any atom is -0.491 e. The van der Waals surface area contributed by atoms with Crippen molar-refractivity contribution in [3.8, 4) is 5.75 Å². The molecule has 0 aliphatic carbocycles. The number of unbranched alkanes of at least 4 members (excludes halogenated alkanes) is 5. The van der Waals surface area contributed by atoms with Crippen LogP contribution in [0.1, 0.15) is 51.0 Å². The van der Waals surface area contributed by atoms with Crippen LogP contribution in [0.25, 0.3) is 0 Å². The lowest BCUT2D eigenvalue weighted by Crippen LogP contribution is -2.16. The number of nitro benzene ring substituents is 2. The highest BCUT2D eigenvalue weighted by atomic mass is 16.6.